The Bertz CT molecular complexity index is 1190. The molecule has 0 saturated carbocycles. The Labute approximate surface area is 185 Å². The summed E-state index contributed by atoms with van der Waals surface area (Å²) in [5.74, 6) is -0.0198. The maximum Gasteiger partial charge on any atom is 0.321 e. The smallest absolute Gasteiger partial charge is 0.321 e. The Morgan fingerprint density at radius 3 is 2.12 bits per heavy atom. The summed E-state index contributed by atoms with van der Waals surface area (Å²) in [6.45, 7) is 4.00. The predicted molar refractivity (Wildman–Crippen MR) is 121 cm³/mol. The van der Waals surface area contributed by atoms with Crippen molar-refractivity contribution in [1.82, 2.24) is 15.3 Å². The van der Waals surface area contributed by atoms with Crippen molar-refractivity contribution in [3.8, 4) is 22.9 Å². The second-order valence-electron chi connectivity index (χ2n) is 7.49. The molecule has 0 aliphatic rings. The van der Waals surface area contributed by atoms with Crippen LogP contribution in [-0.4, -0.2) is 15.9 Å². The maximum atomic E-state index is 13.0. The number of ether oxygens (including phenoxy) is 1. The first-order chi connectivity index (χ1) is 15.5. The summed E-state index contributed by atoms with van der Waals surface area (Å²) in [7, 11) is 0. The van der Waals surface area contributed by atoms with Gasteiger partial charge in [0.1, 0.15) is 11.6 Å². The van der Waals surface area contributed by atoms with Crippen LogP contribution in [0.2, 0.25) is 0 Å². The molecule has 0 bridgehead atoms. The fourth-order valence-corrected chi connectivity index (χ4v) is 3.16. The van der Waals surface area contributed by atoms with E-state index in [0.717, 1.165) is 16.7 Å². The van der Waals surface area contributed by atoms with Gasteiger partial charge in [0.2, 0.25) is 0 Å². The van der Waals surface area contributed by atoms with Crippen LogP contribution < -0.4 is 10.1 Å². The number of amides is 1. The molecule has 160 valence electrons. The van der Waals surface area contributed by atoms with Gasteiger partial charge in [-0.15, -0.1) is 0 Å². The van der Waals surface area contributed by atoms with Crippen molar-refractivity contribution in [2.75, 3.05) is 0 Å². The molecule has 1 aromatic heterocycles. The fraction of sp³-hybridized carbons (Fsp3) is 0.115. The van der Waals surface area contributed by atoms with E-state index in [1.54, 1.807) is 24.5 Å². The molecular weight excluding hydrogens is 405 g/mol. The van der Waals surface area contributed by atoms with Gasteiger partial charge in [0.05, 0.1) is 6.04 Å². The largest absolute Gasteiger partial charge is 0.424 e. The Morgan fingerprint density at radius 1 is 0.875 bits per heavy atom. The number of rotatable bonds is 6. The van der Waals surface area contributed by atoms with Crippen LogP contribution in [0.4, 0.5) is 4.39 Å². The first-order valence-corrected chi connectivity index (χ1v) is 10.2. The molecule has 3 aromatic carbocycles. The number of aryl methyl sites for hydroxylation is 1. The van der Waals surface area contributed by atoms with Gasteiger partial charge in [-0.1, -0.05) is 42.0 Å². The van der Waals surface area contributed by atoms with Gasteiger partial charge in [-0.05, 0) is 61.4 Å². The van der Waals surface area contributed by atoms with E-state index in [-0.39, 0.29) is 23.8 Å². The van der Waals surface area contributed by atoms with Crippen LogP contribution >= 0.6 is 0 Å². The summed E-state index contributed by atoms with van der Waals surface area (Å²) >= 11 is 0. The van der Waals surface area contributed by atoms with Crippen molar-refractivity contribution < 1.29 is 13.9 Å². The number of aromatic nitrogens is 2. The molecule has 0 radical (unpaired) electrons. The number of benzene rings is 3. The SMILES string of the molecule is Cc1ccc(C(C)NC(=O)c2ccc(-c3cnc(Oc4ccc(F)cc4)nc3)cc2)cc1. The summed E-state index contributed by atoms with van der Waals surface area (Å²) in [6, 6.07) is 21.1. The van der Waals surface area contributed by atoms with E-state index in [1.807, 2.05) is 50.2 Å². The number of nitrogens with one attached hydrogen (secondary N) is 1. The Balaban J connectivity index is 1.39. The van der Waals surface area contributed by atoms with Gasteiger partial charge < -0.3 is 10.1 Å². The van der Waals surface area contributed by atoms with Gasteiger partial charge in [-0.2, -0.15) is 0 Å². The third-order valence-electron chi connectivity index (χ3n) is 5.06. The molecule has 0 aliphatic carbocycles. The van der Waals surface area contributed by atoms with Crippen LogP contribution in [0.5, 0.6) is 11.8 Å². The molecule has 6 heteroatoms. The quantitative estimate of drug-likeness (QED) is 0.418. The van der Waals surface area contributed by atoms with Crippen LogP contribution in [-0.2, 0) is 0 Å². The summed E-state index contributed by atoms with van der Waals surface area (Å²) in [5, 5.41) is 3.02. The molecule has 1 unspecified atom stereocenters. The second kappa shape index (κ2) is 9.39. The highest BCUT2D eigenvalue weighted by molar-refractivity contribution is 5.94. The Hall–Kier alpha value is -4.06. The summed E-state index contributed by atoms with van der Waals surface area (Å²) in [4.78, 5) is 21.0. The highest BCUT2D eigenvalue weighted by Crippen LogP contribution is 2.22. The van der Waals surface area contributed by atoms with Gasteiger partial charge in [0.15, 0.2) is 0 Å². The van der Waals surface area contributed by atoms with Crippen LogP contribution in [0, 0.1) is 12.7 Å². The third-order valence-corrected chi connectivity index (χ3v) is 5.06. The third kappa shape index (κ3) is 5.16. The molecule has 4 rings (SSSR count). The summed E-state index contributed by atoms with van der Waals surface area (Å²) in [6.07, 6.45) is 3.28. The minimum Gasteiger partial charge on any atom is -0.424 e. The van der Waals surface area contributed by atoms with Crippen molar-refractivity contribution in [3.63, 3.8) is 0 Å². The van der Waals surface area contributed by atoms with Gasteiger partial charge in [0.25, 0.3) is 5.91 Å². The lowest BCUT2D eigenvalue weighted by Gasteiger charge is -2.15. The number of carbonyl (C=O) groups excluding carboxylic acids is 1. The number of hydrogen-bond donors (Lipinski definition) is 1. The van der Waals surface area contributed by atoms with Crippen molar-refractivity contribution in [1.29, 1.82) is 0 Å². The van der Waals surface area contributed by atoms with E-state index in [0.29, 0.717) is 11.3 Å². The average molecular weight is 427 g/mol. The van der Waals surface area contributed by atoms with Crippen molar-refractivity contribution in [2.45, 2.75) is 19.9 Å². The number of hydrogen-bond acceptors (Lipinski definition) is 4. The molecular formula is C26H22FN3O2. The van der Waals surface area contributed by atoms with Crippen molar-refractivity contribution in [2.24, 2.45) is 0 Å². The van der Waals surface area contributed by atoms with E-state index in [9.17, 15) is 9.18 Å². The van der Waals surface area contributed by atoms with Crippen molar-refractivity contribution in [3.05, 3.63) is 108 Å². The van der Waals surface area contributed by atoms with Gasteiger partial charge in [-0.25, -0.2) is 14.4 Å². The number of carbonyl (C=O) groups is 1. The van der Waals surface area contributed by atoms with Gasteiger partial charge in [-0.3, -0.25) is 4.79 Å². The zero-order valence-corrected chi connectivity index (χ0v) is 17.7. The first-order valence-electron chi connectivity index (χ1n) is 10.2. The van der Waals surface area contributed by atoms with Gasteiger partial charge in [0, 0.05) is 23.5 Å². The van der Waals surface area contributed by atoms with E-state index in [4.69, 9.17) is 4.74 Å². The fourth-order valence-electron chi connectivity index (χ4n) is 3.16. The molecule has 1 N–H and O–H groups in total. The Kier molecular flexibility index (Phi) is 6.22. The molecule has 0 saturated heterocycles. The Morgan fingerprint density at radius 2 is 1.50 bits per heavy atom. The molecule has 0 aliphatic heterocycles. The zero-order chi connectivity index (χ0) is 22.5. The van der Waals surface area contributed by atoms with Crippen LogP contribution in [0.15, 0.2) is 85.2 Å². The lowest BCUT2D eigenvalue weighted by Crippen LogP contribution is -2.26. The monoisotopic (exact) mass is 427 g/mol. The highest BCUT2D eigenvalue weighted by atomic mass is 19.1. The minimum absolute atomic E-state index is 0.0928. The average Bonchev–Trinajstić information content (AvgIpc) is 2.81. The normalized spacial score (nSPS) is 11.6. The molecule has 5 nitrogen and oxygen atoms in total. The lowest BCUT2D eigenvalue weighted by molar-refractivity contribution is 0.0940. The zero-order valence-electron chi connectivity index (χ0n) is 17.7. The first kappa shape index (κ1) is 21.2. The minimum atomic E-state index is -0.338. The highest BCUT2D eigenvalue weighted by Gasteiger charge is 2.12. The van der Waals surface area contributed by atoms with E-state index in [2.05, 4.69) is 15.3 Å². The molecule has 1 atom stereocenters. The topological polar surface area (TPSA) is 64.1 Å². The molecule has 32 heavy (non-hydrogen) atoms. The second-order valence-corrected chi connectivity index (χ2v) is 7.49. The molecule has 1 amide bonds. The van der Waals surface area contributed by atoms with E-state index >= 15 is 0 Å². The van der Waals surface area contributed by atoms with Crippen LogP contribution in [0.3, 0.4) is 0 Å². The summed E-state index contributed by atoms with van der Waals surface area (Å²) in [5.41, 5.74) is 4.48. The standard InChI is InChI=1S/C26H22FN3O2/c1-17-3-5-19(6-4-17)18(2)30-25(31)21-9-7-20(8-10-21)22-15-28-26(29-16-22)32-24-13-11-23(27)12-14-24/h3-16,18H,1-2H3,(H,30,31). The molecule has 0 spiro atoms. The van der Waals surface area contributed by atoms with Crippen LogP contribution in [0.25, 0.3) is 11.1 Å². The van der Waals surface area contributed by atoms with Crippen LogP contribution in [0.1, 0.15) is 34.5 Å². The van der Waals surface area contributed by atoms with E-state index < -0.39 is 0 Å². The molecule has 0 fully saturated rings. The number of nitrogens with zero attached hydrogens (tertiary/aromatic N) is 2. The maximum absolute atomic E-state index is 13.0. The predicted octanol–water partition coefficient (Wildman–Crippen LogP) is 5.87. The van der Waals surface area contributed by atoms with E-state index in [1.165, 1.54) is 29.8 Å². The lowest BCUT2D eigenvalue weighted by atomic mass is 10.0. The molecule has 1 heterocycles. The number of halogens is 1. The van der Waals surface area contributed by atoms with Crippen molar-refractivity contribution >= 4 is 5.91 Å². The summed E-state index contributed by atoms with van der Waals surface area (Å²) < 4.78 is 18.5. The molecule has 4 aromatic rings. The van der Waals surface area contributed by atoms with Gasteiger partial charge >= 0.3 is 6.01 Å².